The van der Waals surface area contributed by atoms with Gasteiger partial charge in [0.25, 0.3) is 10.1 Å². The number of aliphatic hydroxyl groups is 1. The van der Waals surface area contributed by atoms with Gasteiger partial charge >= 0.3 is 0 Å². The lowest BCUT2D eigenvalue weighted by molar-refractivity contribution is -0.122. The Morgan fingerprint density at radius 1 is 0.703 bits per heavy atom. The molecule has 7 heteroatoms. The van der Waals surface area contributed by atoms with Crippen molar-refractivity contribution in [2.75, 3.05) is 5.75 Å². The van der Waals surface area contributed by atoms with Crippen molar-refractivity contribution in [1.29, 1.82) is 0 Å². The largest absolute Gasteiger partial charge is 0.387 e. The summed E-state index contributed by atoms with van der Waals surface area (Å²) in [6.07, 6.45) is 29.9. The number of amides is 1. The fraction of sp³-hybridized carbons (Fsp3) is 0.767. The second-order valence-electron chi connectivity index (χ2n) is 10.0. The van der Waals surface area contributed by atoms with E-state index in [0.29, 0.717) is 12.8 Å². The summed E-state index contributed by atoms with van der Waals surface area (Å²) in [4.78, 5) is 12.3. The van der Waals surface area contributed by atoms with Crippen LogP contribution in [0.4, 0.5) is 0 Å². The summed E-state index contributed by atoms with van der Waals surface area (Å²) >= 11 is 0. The minimum Gasteiger partial charge on any atom is -0.387 e. The molecular formula is C30H55NO5S. The van der Waals surface area contributed by atoms with Gasteiger partial charge in [-0.15, -0.1) is 0 Å². The molecule has 2 atom stereocenters. The molecule has 0 spiro atoms. The number of carbonyl (C=O) groups excluding carboxylic acids is 1. The van der Waals surface area contributed by atoms with Crippen molar-refractivity contribution in [2.24, 2.45) is 0 Å². The Morgan fingerprint density at radius 2 is 1.19 bits per heavy atom. The van der Waals surface area contributed by atoms with E-state index in [-0.39, 0.29) is 12.3 Å². The molecule has 0 saturated heterocycles. The Bertz CT molecular complexity index is 730. The van der Waals surface area contributed by atoms with Gasteiger partial charge in [0, 0.05) is 6.42 Å². The van der Waals surface area contributed by atoms with Crippen molar-refractivity contribution in [3.8, 4) is 0 Å². The summed E-state index contributed by atoms with van der Waals surface area (Å²) in [7, 11) is -4.34. The molecule has 1 amide bonds. The number of nitrogens with one attached hydrogen (secondary N) is 1. The van der Waals surface area contributed by atoms with E-state index in [2.05, 4.69) is 43.5 Å². The number of allylic oxidation sites excluding steroid dienone is 5. The van der Waals surface area contributed by atoms with Crippen molar-refractivity contribution < 1.29 is 22.9 Å². The van der Waals surface area contributed by atoms with E-state index < -0.39 is 28.0 Å². The van der Waals surface area contributed by atoms with Gasteiger partial charge in [0.15, 0.2) is 0 Å². The summed E-state index contributed by atoms with van der Waals surface area (Å²) < 4.78 is 32.1. The van der Waals surface area contributed by atoms with Crippen LogP contribution in [0, 0.1) is 0 Å². The van der Waals surface area contributed by atoms with E-state index in [1.165, 1.54) is 51.0 Å². The second-order valence-corrected chi connectivity index (χ2v) is 11.5. The van der Waals surface area contributed by atoms with Crippen LogP contribution in [0.1, 0.15) is 129 Å². The maximum atomic E-state index is 12.3. The molecule has 0 aliphatic heterocycles. The molecule has 0 saturated carbocycles. The molecule has 6 nitrogen and oxygen atoms in total. The van der Waals surface area contributed by atoms with Crippen LogP contribution in [-0.4, -0.2) is 41.9 Å². The van der Waals surface area contributed by atoms with Crippen molar-refractivity contribution in [3.05, 3.63) is 36.5 Å². The first-order chi connectivity index (χ1) is 17.8. The molecule has 2 unspecified atom stereocenters. The van der Waals surface area contributed by atoms with Crippen LogP contribution >= 0.6 is 0 Å². The molecule has 0 aromatic carbocycles. The van der Waals surface area contributed by atoms with Crippen LogP contribution in [0.2, 0.25) is 0 Å². The van der Waals surface area contributed by atoms with Crippen molar-refractivity contribution in [2.45, 2.75) is 142 Å². The SMILES string of the molecule is CCCC/C=C\CCCCCCCC(=O)NC(CS(=O)(=O)O)C(O)/C=C/CC/C=C/CCCCCCC. The van der Waals surface area contributed by atoms with E-state index in [9.17, 15) is 22.9 Å². The van der Waals surface area contributed by atoms with Gasteiger partial charge in [0.05, 0.1) is 17.9 Å². The van der Waals surface area contributed by atoms with Crippen LogP contribution in [0.25, 0.3) is 0 Å². The maximum Gasteiger partial charge on any atom is 0.267 e. The van der Waals surface area contributed by atoms with Crippen molar-refractivity contribution >= 4 is 16.0 Å². The van der Waals surface area contributed by atoms with Crippen LogP contribution in [-0.2, 0) is 14.9 Å². The van der Waals surface area contributed by atoms with Crippen molar-refractivity contribution in [1.82, 2.24) is 5.32 Å². The summed E-state index contributed by atoms with van der Waals surface area (Å²) in [5.74, 6) is -1.02. The van der Waals surface area contributed by atoms with Gasteiger partial charge in [-0.2, -0.15) is 8.42 Å². The first-order valence-corrected chi connectivity index (χ1v) is 16.3. The normalized spacial score (nSPS) is 14.2. The number of hydrogen-bond donors (Lipinski definition) is 3. The lowest BCUT2D eigenvalue weighted by Gasteiger charge is -2.21. The fourth-order valence-electron chi connectivity index (χ4n) is 4.03. The van der Waals surface area contributed by atoms with Gasteiger partial charge < -0.3 is 10.4 Å². The molecule has 0 aliphatic carbocycles. The number of aliphatic hydroxyl groups excluding tert-OH is 1. The lowest BCUT2D eigenvalue weighted by atomic mass is 10.1. The minimum absolute atomic E-state index is 0.276. The van der Waals surface area contributed by atoms with Gasteiger partial charge in [-0.05, 0) is 51.4 Å². The monoisotopic (exact) mass is 541 g/mol. The smallest absolute Gasteiger partial charge is 0.267 e. The molecule has 0 rings (SSSR count). The first-order valence-electron chi connectivity index (χ1n) is 14.7. The van der Waals surface area contributed by atoms with E-state index >= 15 is 0 Å². The third-order valence-corrected chi connectivity index (χ3v) is 7.07. The third kappa shape index (κ3) is 26.0. The minimum atomic E-state index is -4.34. The Labute approximate surface area is 227 Å². The molecular weight excluding hydrogens is 486 g/mol. The van der Waals surface area contributed by atoms with Crippen LogP contribution in [0.15, 0.2) is 36.5 Å². The topological polar surface area (TPSA) is 104 Å². The highest BCUT2D eigenvalue weighted by molar-refractivity contribution is 7.85. The zero-order valence-electron chi connectivity index (χ0n) is 23.6. The number of carbonyl (C=O) groups is 1. The predicted octanol–water partition coefficient (Wildman–Crippen LogP) is 7.45. The first kappa shape index (κ1) is 35.6. The second kappa shape index (κ2) is 24.9. The van der Waals surface area contributed by atoms with Crippen LogP contribution < -0.4 is 5.32 Å². The van der Waals surface area contributed by atoms with E-state index in [4.69, 9.17) is 0 Å². The van der Waals surface area contributed by atoms with E-state index in [0.717, 1.165) is 51.4 Å². The lowest BCUT2D eigenvalue weighted by Crippen LogP contribution is -2.46. The predicted molar refractivity (Wildman–Crippen MR) is 156 cm³/mol. The average molecular weight is 542 g/mol. The highest BCUT2D eigenvalue weighted by atomic mass is 32.2. The molecule has 0 aromatic rings. The molecule has 0 bridgehead atoms. The summed E-state index contributed by atoms with van der Waals surface area (Å²) in [6, 6.07) is -1.07. The van der Waals surface area contributed by atoms with Gasteiger partial charge in [-0.25, -0.2) is 0 Å². The molecule has 0 fully saturated rings. The number of unbranched alkanes of at least 4 members (excludes halogenated alkanes) is 13. The summed E-state index contributed by atoms with van der Waals surface area (Å²) in [6.45, 7) is 4.40. The zero-order chi connectivity index (χ0) is 27.6. The summed E-state index contributed by atoms with van der Waals surface area (Å²) in [5.41, 5.74) is 0. The quantitative estimate of drug-likeness (QED) is 0.0632. The van der Waals surface area contributed by atoms with Gasteiger partial charge in [0.1, 0.15) is 0 Å². The Hall–Kier alpha value is -1.44. The fourth-order valence-corrected chi connectivity index (χ4v) is 4.77. The standard InChI is InChI=1S/C30H55NO5S/c1-3-5-7-9-11-13-15-17-19-21-23-25-29(32)28(27-37(34,35)36)31-30(33)26-24-22-20-18-16-14-12-10-8-6-4-2/h10,12,15,17,23,25,28-29,32H,3-9,11,13-14,16,18-22,24,26-27H2,1-2H3,(H,31,33)(H,34,35,36)/b12-10-,17-15+,25-23+. The summed E-state index contributed by atoms with van der Waals surface area (Å²) in [5, 5.41) is 13.0. The molecule has 0 aliphatic rings. The molecule has 0 radical (unpaired) electrons. The molecule has 0 heterocycles. The molecule has 37 heavy (non-hydrogen) atoms. The Morgan fingerprint density at radius 3 is 1.78 bits per heavy atom. The Kier molecular flexibility index (Phi) is 23.9. The molecule has 0 aromatic heterocycles. The highest BCUT2D eigenvalue weighted by Gasteiger charge is 2.24. The van der Waals surface area contributed by atoms with Crippen LogP contribution in [0.3, 0.4) is 0 Å². The molecule has 3 N–H and O–H groups in total. The van der Waals surface area contributed by atoms with E-state index in [1.807, 2.05) is 0 Å². The van der Waals surface area contributed by atoms with Gasteiger partial charge in [-0.3, -0.25) is 9.35 Å². The highest BCUT2D eigenvalue weighted by Crippen LogP contribution is 2.10. The third-order valence-electron chi connectivity index (χ3n) is 6.29. The molecule has 216 valence electrons. The van der Waals surface area contributed by atoms with Gasteiger partial charge in [0.2, 0.25) is 5.91 Å². The number of rotatable bonds is 25. The zero-order valence-corrected chi connectivity index (χ0v) is 24.4. The Balaban J connectivity index is 4.22. The average Bonchev–Trinajstić information content (AvgIpc) is 2.84. The maximum absolute atomic E-state index is 12.3. The van der Waals surface area contributed by atoms with Crippen molar-refractivity contribution in [3.63, 3.8) is 0 Å². The number of hydrogen-bond acceptors (Lipinski definition) is 4. The van der Waals surface area contributed by atoms with E-state index in [1.54, 1.807) is 6.08 Å². The van der Waals surface area contributed by atoms with Gasteiger partial charge in [-0.1, -0.05) is 108 Å². The van der Waals surface area contributed by atoms with Crippen LogP contribution in [0.5, 0.6) is 0 Å².